The summed E-state index contributed by atoms with van der Waals surface area (Å²) in [7, 11) is 0. The summed E-state index contributed by atoms with van der Waals surface area (Å²) in [6.45, 7) is 5.78. The van der Waals surface area contributed by atoms with E-state index in [0.29, 0.717) is 17.1 Å². The van der Waals surface area contributed by atoms with Gasteiger partial charge in [0.15, 0.2) is 0 Å². The fourth-order valence-corrected chi connectivity index (χ4v) is 1.90. The predicted octanol–water partition coefficient (Wildman–Crippen LogP) is 2.84. The number of carbonyl (C=O) groups is 1. The molecule has 3 N–H and O–H groups in total. The van der Waals surface area contributed by atoms with Crippen LogP contribution in [0.5, 0.6) is 0 Å². The minimum Gasteiger partial charge on any atom is -0.397 e. The monoisotopic (exact) mass is 255 g/mol. The third kappa shape index (κ3) is 2.57. The second-order valence-electron chi connectivity index (χ2n) is 4.59. The lowest BCUT2D eigenvalue weighted by Crippen LogP contribution is -2.17. The lowest BCUT2D eigenvalue weighted by molar-refractivity contribution is 0.102. The molecule has 0 unspecified atom stereocenters. The zero-order valence-corrected chi connectivity index (χ0v) is 11.3. The fourth-order valence-electron chi connectivity index (χ4n) is 1.90. The van der Waals surface area contributed by atoms with Crippen molar-refractivity contribution in [2.24, 2.45) is 0 Å². The lowest BCUT2D eigenvalue weighted by Gasteiger charge is -2.13. The van der Waals surface area contributed by atoms with Crippen molar-refractivity contribution in [3.05, 3.63) is 52.8 Å². The molecule has 0 saturated carbocycles. The van der Waals surface area contributed by atoms with Gasteiger partial charge in [-0.2, -0.15) is 0 Å². The number of anilines is 2. The Kier molecular flexibility index (Phi) is 3.51. The van der Waals surface area contributed by atoms with Crippen molar-refractivity contribution in [1.82, 2.24) is 4.98 Å². The molecule has 0 atom stereocenters. The van der Waals surface area contributed by atoms with Crippen molar-refractivity contribution in [1.29, 1.82) is 0 Å². The Labute approximate surface area is 112 Å². The Hall–Kier alpha value is -2.36. The summed E-state index contributed by atoms with van der Waals surface area (Å²) in [5.74, 6) is -0.237. The first-order chi connectivity index (χ1) is 9.00. The molecule has 0 saturated heterocycles. The van der Waals surface area contributed by atoms with Gasteiger partial charge in [0, 0.05) is 6.20 Å². The molecule has 0 aliphatic carbocycles. The maximum atomic E-state index is 12.2. The van der Waals surface area contributed by atoms with Crippen molar-refractivity contribution in [3.8, 4) is 0 Å². The van der Waals surface area contributed by atoms with E-state index in [9.17, 15) is 4.79 Å². The summed E-state index contributed by atoms with van der Waals surface area (Å²) in [5.41, 5.74) is 10.5. The van der Waals surface area contributed by atoms with Crippen molar-refractivity contribution in [2.45, 2.75) is 20.8 Å². The Morgan fingerprint density at radius 1 is 1.16 bits per heavy atom. The molecule has 0 aliphatic rings. The molecule has 1 aromatic heterocycles. The van der Waals surface area contributed by atoms with Gasteiger partial charge in [0.25, 0.3) is 5.91 Å². The molecule has 2 rings (SSSR count). The van der Waals surface area contributed by atoms with Gasteiger partial charge >= 0.3 is 0 Å². The van der Waals surface area contributed by atoms with Crippen LogP contribution in [0.1, 0.15) is 27.2 Å². The Bertz CT molecular complexity index is 635. The van der Waals surface area contributed by atoms with Crippen LogP contribution in [-0.4, -0.2) is 10.9 Å². The van der Waals surface area contributed by atoms with E-state index in [1.165, 1.54) is 0 Å². The first kappa shape index (κ1) is 13.1. The van der Waals surface area contributed by atoms with E-state index in [-0.39, 0.29) is 5.91 Å². The second kappa shape index (κ2) is 5.10. The summed E-state index contributed by atoms with van der Waals surface area (Å²) in [5, 5.41) is 2.85. The number of hydrogen-bond donors (Lipinski definition) is 2. The molecule has 1 aromatic carbocycles. The van der Waals surface area contributed by atoms with E-state index < -0.39 is 0 Å². The number of nitrogens with two attached hydrogens (primary N) is 1. The topological polar surface area (TPSA) is 68.0 Å². The standard InChI is InChI=1S/C15H17N3O/c1-9-6-7-12(16)14(11(9)3)18-15(19)13-10(2)5-4-8-17-13/h4-8H,16H2,1-3H3,(H,18,19). The van der Waals surface area contributed by atoms with Crippen LogP contribution in [0.3, 0.4) is 0 Å². The Balaban J connectivity index is 2.35. The van der Waals surface area contributed by atoms with Gasteiger partial charge in [-0.3, -0.25) is 9.78 Å². The quantitative estimate of drug-likeness (QED) is 0.811. The van der Waals surface area contributed by atoms with E-state index >= 15 is 0 Å². The molecular weight excluding hydrogens is 238 g/mol. The molecule has 19 heavy (non-hydrogen) atoms. The number of rotatable bonds is 2. The van der Waals surface area contributed by atoms with Crippen molar-refractivity contribution in [2.75, 3.05) is 11.1 Å². The largest absolute Gasteiger partial charge is 0.397 e. The molecule has 98 valence electrons. The minimum atomic E-state index is -0.237. The SMILES string of the molecule is Cc1cccnc1C(=O)Nc1c(N)ccc(C)c1C. The first-order valence-electron chi connectivity index (χ1n) is 6.09. The maximum absolute atomic E-state index is 12.2. The maximum Gasteiger partial charge on any atom is 0.274 e. The number of nitrogens with zero attached hydrogens (tertiary/aromatic N) is 1. The summed E-state index contributed by atoms with van der Waals surface area (Å²) < 4.78 is 0. The highest BCUT2D eigenvalue weighted by Gasteiger charge is 2.14. The van der Waals surface area contributed by atoms with Gasteiger partial charge in [-0.05, 0) is 49.6 Å². The van der Waals surface area contributed by atoms with Crippen LogP contribution >= 0.6 is 0 Å². The zero-order chi connectivity index (χ0) is 14.0. The predicted molar refractivity (Wildman–Crippen MR) is 77.3 cm³/mol. The molecule has 1 heterocycles. The van der Waals surface area contributed by atoms with Crippen LogP contribution < -0.4 is 11.1 Å². The highest BCUT2D eigenvalue weighted by atomic mass is 16.1. The van der Waals surface area contributed by atoms with Gasteiger partial charge in [-0.25, -0.2) is 0 Å². The minimum absolute atomic E-state index is 0.237. The Morgan fingerprint density at radius 2 is 1.89 bits per heavy atom. The summed E-state index contributed by atoms with van der Waals surface area (Å²) in [6.07, 6.45) is 1.61. The smallest absolute Gasteiger partial charge is 0.274 e. The van der Waals surface area contributed by atoms with Gasteiger partial charge in [-0.1, -0.05) is 12.1 Å². The number of carbonyl (C=O) groups excluding carboxylic acids is 1. The summed E-state index contributed by atoms with van der Waals surface area (Å²) in [4.78, 5) is 16.3. The Morgan fingerprint density at radius 3 is 2.58 bits per heavy atom. The molecule has 4 nitrogen and oxygen atoms in total. The average molecular weight is 255 g/mol. The van der Waals surface area contributed by atoms with Gasteiger partial charge < -0.3 is 11.1 Å². The molecular formula is C15H17N3O. The molecule has 0 radical (unpaired) electrons. The van der Waals surface area contributed by atoms with Crippen LogP contribution in [0.25, 0.3) is 0 Å². The first-order valence-corrected chi connectivity index (χ1v) is 6.09. The number of nitrogens with one attached hydrogen (secondary N) is 1. The second-order valence-corrected chi connectivity index (χ2v) is 4.59. The highest BCUT2D eigenvalue weighted by molar-refractivity contribution is 6.05. The van der Waals surface area contributed by atoms with E-state index in [2.05, 4.69) is 10.3 Å². The van der Waals surface area contributed by atoms with Crippen LogP contribution in [-0.2, 0) is 0 Å². The molecule has 0 spiro atoms. The van der Waals surface area contributed by atoms with E-state index in [1.54, 1.807) is 18.3 Å². The third-order valence-corrected chi connectivity index (χ3v) is 3.23. The van der Waals surface area contributed by atoms with Crippen LogP contribution in [0.2, 0.25) is 0 Å². The van der Waals surface area contributed by atoms with Crippen molar-refractivity contribution >= 4 is 17.3 Å². The van der Waals surface area contributed by atoms with Gasteiger partial charge in [0.2, 0.25) is 0 Å². The highest BCUT2D eigenvalue weighted by Crippen LogP contribution is 2.26. The summed E-state index contributed by atoms with van der Waals surface area (Å²) in [6, 6.07) is 7.39. The molecule has 0 bridgehead atoms. The number of aryl methyl sites for hydroxylation is 2. The normalized spacial score (nSPS) is 10.3. The number of nitrogen functional groups attached to an aromatic ring is 1. The van der Waals surface area contributed by atoms with Crippen LogP contribution in [0.4, 0.5) is 11.4 Å². The summed E-state index contributed by atoms with van der Waals surface area (Å²) >= 11 is 0. The van der Waals surface area contributed by atoms with Crippen LogP contribution in [0.15, 0.2) is 30.5 Å². The number of aromatic nitrogens is 1. The molecule has 2 aromatic rings. The van der Waals surface area contributed by atoms with Crippen molar-refractivity contribution < 1.29 is 4.79 Å². The number of pyridine rings is 1. The zero-order valence-electron chi connectivity index (χ0n) is 11.3. The molecule has 1 amide bonds. The fraction of sp³-hybridized carbons (Fsp3) is 0.200. The molecule has 0 aliphatic heterocycles. The van der Waals surface area contributed by atoms with E-state index in [1.807, 2.05) is 32.9 Å². The van der Waals surface area contributed by atoms with Crippen LogP contribution in [0, 0.1) is 20.8 Å². The van der Waals surface area contributed by atoms with Gasteiger partial charge in [-0.15, -0.1) is 0 Å². The van der Waals surface area contributed by atoms with E-state index in [4.69, 9.17) is 5.73 Å². The molecule has 0 fully saturated rings. The number of amides is 1. The van der Waals surface area contributed by atoms with E-state index in [0.717, 1.165) is 16.7 Å². The number of benzene rings is 1. The average Bonchev–Trinajstić information content (AvgIpc) is 2.39. The van der Waals surface area contributed by atoms with Gasteiger partial charge in [0.05, 0.1) is 11.4 Å². The van der Waals surface area contributed by atoms with Gasteiger partial charge in [0.1, 0.15) is 5.69 Å². The number of hydrogen-bond acceptors (Lipinski definition) is 3. The molecule has 4 heteroatoms. The lowest BCUT2D eigenvalue weighted by atomic mass is 10.1. The van der Waals surface area contributed by atoms with Crippen molar-refractivity contribution in [3.63, 3.8) is 0 Å². The third-order valence-electron chi connectivity index (χ3n) is 3.23.